The van der Waals surface area contributed by atoms with Crippen LogP contribution in [0.3, 0.4) is 0 Å². The lowest BCUT2D eigenvalue weighted by atomic mass is 9.73. The minimum absolute atomic E-state index is 0.0656. The van der Waals surface area contributed by atoms with Gasteiger partial charge in [0, 0.05) is 29.1 Å². The number of hydrogen-bond acceptors (Lipinski definition) is 4. The van der Waals surface area contributed by atoms with Crippen LogP contribution in [0.4, 0.5) is 11.4 Å². The minimum Gasteiger partial charge on any atom is -0.347 e. The summed E-state index contributed by atoms with van der Waals surface area (Å²) in [6.45, 7) is 1.25. The molecule has 31 heavy (non-hydrogen) atoms. The number of carbonyl (C=O) groups excluding carboxylic acids is 3. The highest BCUT2D eigenvalue weighted by Crippen LogP contribution is 2.41. The largest absolute Gasteiger partial charge is 0.347 e. The molecule has 6 nitrogen and oxygen atoms in total. The molecule has 3 amide bonds. The second-order valence-corrected chi connectivity index (χ2v) is 9.87. The molecule has 0 bridgehead atoms. The van der Waals surface area contributed by atoms with E-state index in [0.29, 0.717) is 18.7 Å². The maximum absolute atomic E-state index is 12.6. The molecule has 0 spiro atoms. The van der Waals surface area contributed by atoms with Gasteiger partial charge < -0.3 is 15.5 Å². The second-order valence-electron chi connectivity index (χ2n) is 8.92. The van der Waals surface area contributed by atoms with Gasteiger partial charge in [-0.3, -0.25) is 14.4 Å². The van der Waals surface area contributed by atoms with E-state index < -0.39 is 11.8 Å². The smallest absolute Gasteiger partial charge is 0.313 e. The van der Waals surface area contributed by atoms with Crippen molar-refractivity contribution in [1.82, 2.24) is 5.32 Å². The molecule has 5 rings (SSSR count). The van der Waals surface area contributed by atoms with Gasteiger partial charge in [-0.15, -0.1) is 11.3 Å². The Morgan fingerprint density at radius 1 is 1.06 bits per heavy atom. The molecule has 7 heteroatoms. The van der Waals surface area contributed by atoms with E-state index in [0.717, 1.165) is 61.9 Å². The highest BCUT2D eigenvalue weighted by molar-refractivity contribution is 7.10. The van der Waals surface area contributed by atoms with Crippen LogP contribution in [0.5, 0.6) is 0 Å². The summed E-state index contributed by atoms with van der Waals surface area (Å²) in [5, 5.41) is 7.73. The Labute approximate surface area is 186 Å². The first kappa shape index (κ1) is 20.2. The van der Waals surface area contributed by atoms with Crippen molar-refractivity contribution in [2.24, 2.45) is 0 Å². The number of carbonyl (C=O) groups is 3. The Bertz CT molecular complexity index is 1020. The number of nitrogens with one attached hydrogen (secondary N) is 2. The third-order valence-electron chi connectivity index (χ3n) is 6.91. The molecule has 0 unspecified atom stereocenters. The van der Waals surface area contributed by atoms with Crippen LogP contribution < -0.4 is 15.5 Å². The van der Waals surface area contributed by atoms with Gasteiger partial charge in [0.05, 0.1) is 12.1 Å². The number of nitrogens with zero attached hydrogens (tertiary/aromatic N) is 1. The number of aryl methyl sites for hydroxylation is 1. The number of hydrogen-bond donors (Lipinski definition) is 2. The Morgan fingerprint density at radius 2 is 1.87 bits per heavy atom. The summed E-state index contributed by atoms with van der Waals surface area (Å²) in [5.41, 5.74) is 3.55. The fourth-order valence-electron chi connectivity index (χ4n) is 5.39. The molecule has 3 heterocycles. The normalized spacial score (nSPS) is 19.1. The van der Waals surface area contributed by atoms with Crippen molar-refractivity contribution < 1.29 is 14.4 Å². The number of amides is 3. The number of rotatable bonds is 4. The Balaban J connectivity index is 1.27. The highest BCUT2D eigenvalue weighted by Gasteiger charge is 2.36. The lowest BCUT2D eigenvalue weighted by molar-refractivity contribution is -0.136. The first-order chi connectivity index (χ1) is 15.1. The van der Waals surface area contributed by atoms with Gasteiger partial charge in [0.1, 0.15) is 0 Å². The monoisotopic (exact) mass is 437 g/mol. The van der Waals surface area contributed by atoms with Gasteiger partial charge in [-0.25, -0.2) is 0 Å². The van der Waals surface area contributed by atoms with Crippen LogP contribution in [0.2, 0.25) is 0 Å². The van der Waals surface area contributed by atoms with Crippen molar-refractivity contribution in [3.05, 3.63) is 45.6 Å². The summed E-state index contributed by atoms with van der Waals surface area (Å²) in [7, 11) is 0. The van der Waals surface area contributed by atoms with E-state index >= 15 is 0 Å². The zero-order chi connectivity index (χ0) is 21.4. The predicted molar refractivity (Wildman–Crippen MR) is 122 cm³/mol. The first-order valence-electron chi connectivity index (χ1n) is 11.2. The van der Waals surface area contributed by atoms with E-state index in [2.05, 4.69) is 28.1 Å². The van der Waals surface area contributed by atoms with Crippen molar-refractivity contribution in [3.63, 3.8) is 0 Å². The Kier molecular flexibility index (Phi) is 5.30. The summed E-state index contributed by atoms with van der Waals surface area (Å²) >= 11 is 1.73. The van der Waals surface area contributed by atoms with Crippen molar-refractivity contribution in [2.75, 3.05) is 23.3 Å². The number of thiophene rings is 1. The highest BCUT2D eigenvalue weighted by atomic mass is 32.1. The van der Waals surface area contributed by atoms with Crippen molar-refractivity contribution >= 4 is 40.4 Å². The van der Waals surface area contributed by atoms with E-state index in [-0.39, 0.29) is 11.3 Å². The standard InChI is InChI=1S/C24H27N3O3S/c28-20-14-17-13-18(12-16-6-4-10-27(20)21(16)17)26-23(30)22(29)25-15-24(8-2-1-3-9-24)19-7-5-11-31-19/h5,7,11-13H,1-4,6,8-10,14-15H2,(H,25,29)(H,26,30). The van der Waals surface area contributed by atoms with Gasteiger partial charge in [-0.05, 0) is 60.4 Å². The van der Waals surface area contributed by atoms with Gasteiger partial charge >= 0.3 is 11.8 Å². The third kappa shape index (κ3) is 3.76. The molecule has 1 aromatic heterocycles. The SMILES string of the molecule is O=C(NCC1(c2cccs2)CCCCC1)C(=O)Nc1cc2c3c(c1)CC(=O)N3CCC2. The van der Waals surface area contributed by atoms with E-state index in [1.807, 2.05) is 17.0 Å². The van der Waals surface area contributed by atoms with Gasteiger partial charge in [0.2, 0.25) is 5.91 Å². The molecule has 1 aliphatic carbocycles. The van der Waals surface area contributed by atoms with Crippen LogP contribution in [0, 0.1) is 0 Å². The van der Waals surface area contributed by atoms with E-state index in [1.54, 1.807) is 11.3 Å². The van der Waals surface area contributed by atoms with Crippen LogP contribution in [-0.2, 0) is 32.6 Å². The molecular weight excluding hydrogens is 410 g/mol. The van der Waals surface area contributed by atoms with Gasteiger partial charge in [0.15, 0.2) is 0 Å². The summed E-state index contributed by atoms with van der Waals surface area (Å²) in [5.74, 6) is -1.14. The van der Waals surface area contributed by atoms with Crippen LogP contribution in [0.1, 0.15) is 54.5 Å². The van der Waals surface area contributed by atoms with Crippen LogP contribution in [0.25, 0.3) is 0 Å². The summed E-state index contributed by atoms with van der Waals surface area (Å²) < 4.78 is 0. The fourth-order valence-corrected chi connectivity index (χ4v) is 6.38. The average Bonchev–Trinajstić information content (AvgIpc) is 3.43. The maximum Gasteiger partial charge on any atom is 0.313 e. The fraction of sp³-hybridized carbons (Fsp3) is 0.458. The van der Waals surface area contributed by atoms with Crippen molar-refractivity contribution in [2.45, 2.75) is 56.8 Å². The molecule has 2 N–H and O–H groups in total. The van der Waals surface area contributed by atoms with Crippen LogP contribution >= 0.6 is 11.3 Å². The third-order valence-corrected chi connectivity index (χ3v) is 8.03. The van der Waals surface area contributed by atoms with Crippen LogP contribution in [-0.4, -0.2) is 30.8 Å². The molecule has 0 radical (unpaired) electrons. The average molecular weight is 438 g/mol. The summed E-state index contributed by atoms with van der Waals surface area (Å²) in [6, 6.07) is 7.94. The molecule has 2 aromatic rings. The maximum atomic E-state index is 12.6. The molecule has 0 saturated heterocycles. The second kappa shape index (κ2) is 8.11. The quantitative estimate of drug-likeness (QED) is 0.718. The van der Waals surface area contributed by atoms with Crippen molar-refractivity contribution in [3.8, 4) is 0 Å². The van der Waals surface area contributed by atoms with Crippen molar-refractivity contribution in [1.29, 1.82) is 0 Å². The Hall–Kier alpha value is -2.67. The van der Waals surface area contributed by atoms with Gasteiger partial charge in [-0.1, -0.05) is 25.3 Å². The van der Waals surface area contributed by atoms with E-state index in [4.69, 9.17) is 0 Å². The molecule has 1 aromatic carbocycles. The molecular formula is C24H27N3O3S. The lowest BCUT2D eigenvalue weighted by Crippen LogP contribution is -2.45. The lowest BCUT2D eigenvalue weighted by Gasteiger charge is -2.36. The number of anilines is 2. The molecule has 2 aliphatic heterocycles. The predicted octanol–water partition coefficient (Wildman–Crippen LogP) is 3.54. The topological polar surface area (TPSA) is 78.5 Å². The minimum atomic E-state index is -0.652. The molecule has 0 atom stereocenters. The zero-order valence-electron chi connectivity index (χ0n) is 17.5. The molecule has 1 saturated carbocycles. The van der Waals surface area contributed by atoms with Gasteiger partial charge in [-0.2, -0.15) is 0 Å². The van der Waals surface area contributed by atoms with Gasteiger partial charge in [0.25, 0.3) is 0 Å². The Morgan fingerprint density at radius 3 is 2.65 bits per heavy atom. The van der Waals surface area contributed by atoms with E-state index in [1.165, 1.54) is 11.3 Å². The molecule has 162 valence electrons. The zero-order valence-corrected chi connectivity index (χ0v) is 18.4. The summed E-state index contributed by atoms with van der Waals surface area (Å²) in [4.78, 5) is 40.6. The summed E-state index contributed by atoms with van der Waals surface area (Å²) in [6.07, 6.45) is 7.75. The molecule has 1 fully saturated rings. The number of benzene rings is 1. The molecule has 3 aliphatic rings. The first-order valence-corrected chi connectivity index (χ1v) is 12.0. The van der Waals surface area contributed by atoms with Crippen LogP contribution in [0.15, 0.2) is 29.6 Å². The van der Waals surface area contributed by atoms with E-state index in [9.17, 15) is 14.4 Å².